The van der Waals surface area contributed by atoms with Crippen LogP contribution in [0.1, 0.15) is 45.6 Å². The summed E-state index contributed by atoms with van der Waals surface area (Å²) in [6, 6.07) is 8.48. The molecule has 2 N–H and O–H groups in total. The van der Waals surface area contributed by atoms with Gasteiger partial charge in [0.2, 0.25) is 5.91 Å². The van der Waals surface area contributed by atoms with Crippen molar-refractivity contribution in [3.8, 4) is 5.75 Å². The summed E-state index contributed by atoms with van der Waals surface area (Å²) >= 11 is 0. The first-order chi connectivity index (χ1) is 14.4. The zero-order valence-corrected chi connectivity index (χ0v) is 22.0. The Morgan fingerprint density at radius 2 is 1.77 bits per heavy atom. The molecule has 1 unspecified atom stereocenters. The van der Waals surface area contributed by atoms with Gasteiger partial charge in [-0.05, 0) is 50.8 Å². The van der Waals surface area contributed by atoms with Gasteiger partial charge in [-0.15, -0.1) is 24.0 Å². The molecule has 0 bridgehead atoms. The van der Waals surface area contributed by atoms with Crippen molar-refractivity contribution in [3.05, 3.63) is 29.8 Å². The van der Waals surface area contributed by atoms with Crippen molar-refractivity contribution in [2.24, 2.45) is 4.99 Å². The molecule has 1 heterocycles. The van der Waals surface area contributed by atoms with Gasteiger partial charge in [-0.3, -0.25) is 14.7 Å². The Balaban J connectivity index is 0.00000480. The SMILES string of the molecule is CCNC(=NCCC(C)c1ccc(OC)cc1)N1CCN(CC(=O)NC(C)C)CC1.I. The minimum absolute atomic E-state index is 0. The van der Waals surface area contributed by atoms with Gasteiger partial charge < -0.3 is 20.3 Å². The maximum absolute atomic E-state index is 12.0. The predicted molar refractivity (Wildman–Crippen MR) is 139 cm³/mol. The monoisotopic (exact) mass is 545 g/mol. The number of piperazine rings is 1. The summed E-state index contributed by atoms with van der Waals surface area (Å²) < 4.78 is 5.24. The van der Waals surface area contributed by atoms with Crippen LogP contribution in [0.2, 0.25) is 0 Å². The lowest BCUT2D eigenvalue weighted by atomic mass is 9.98. The number of rotatable bonds is 9. The highest BCUT2D eigenvalue weighted by Crippen LogP contribution is 2.21. The molecule has 0 spiro atoms. The number of carbonyl (C=O) groups is 1. The van der Waals surface area contributed by atoms with Gasteiger partial charge in [0, 0.05) is 45.3 Å². The molecule has 1 saturated heterocycles. The van der Waals surface area contributed by atoms with E-state index in [-0.39, 0.29) is 35.9 Å². The Morgan fingerprint density at radius 3 is 2.32 bits per heavy atom. The molecule has 1 aliphatic rings. The van der Waals surface area contributed by atoms with Crippen LogP contribution in [0.15, 0.2) is 29.3 Å². The minimum Gasteiger partial charge on any atom is -0.497 e. The fourth-order valence-electron chi connectivity index (χ4n) is 3.58. The van der Waals surface area contributed by atoms with E-state index in [9.17, 15) is 4.79 Å². The highest BCUT2D eigenvalue weighted by molar-refractivity contribution is 14.0. The normalized spacial score (nSPS) is 15.9. The first-order valence-corrected chi connectivity index (χ1v) is 11.1. The number of amides is 1. The molecule has 1 aliphatic heterocycles. The van der Waals surface area contributed by atoms with E-state index < -0.39 is 0 Å². The molecule has 0 saturated carbocycles. The van der Waals surface area contributed by atoms with Crippen LogP contribution in [-0.2, 0) is 4.79 Å². The first-order valence-electron chi connectivity index (χ1n) is 11.1. The highest BCUT2D eigenvalue weighted by Gasteiger charge is 2.21. The molecule has 1 aromatic rings. The Hall–Kier alpha value is -1.55. The standard InChI is InChI=1S/C23H39N5O2.HI/c1-6-24-23(25-12-11-19(4)20-7-9-21(30-5)10-8-20)28-15-13-27(14-16-28)17-22(29)26-18(2)3;/h7-10,18-19H,6,11-17H2,1-5H3,(H,24,25)(H,26,29);1H. The summed E-state index contributed by atoms with van der Waals surface area (Å²) in [6.45, 7) is 13.9. The zero-order valence-electron chi connectivity index (χ0n) is 19.7. The van der Waals surface area contributed by atoms with Crippen LogP contribution in [0.4, 0.5) is 0 Å². The average Bonchev–Trinajstić information content (AvgIpc) is 2.73. The van der Waals surface area contributed by atoms with Crippen molar-refractivity contribution in [3.63, 3.8) is 0 Å². The maximum Gasteiger partial charge on any atom is 0.234 e. The van der Waals surface area contributed by atoms with Crippen LogP contribution < -0.4 is 15.4 Å². The number of methoxy groups -OCH3 is 1. The Labute approximate surface area is 205 Å². The van der Waals surface area contributed by atoms with Crippen LogP contribution in [0.5, 0.6) is 5.75 Å². The number of ether oxygens (including phenoxy) is 1. The van der Waals surface area contributed by atoms with Gasteiger partial charge in [-0.2, -0.15) is 0 Å². The maximum atomic E-state index is 12.0. The number of carbonyl (C=O) groups excluding carboxylic acids is 1. The molecule has 176 valence electrons. The van der Waals surface area contributed by atoms with E-state index in [1.165, 1.54) is 5.56 Å². The minimum atomic E-state index is 0. The number of hydrogen-bond donors (Lipinski definition) is 2. The molecule has 8 heteroatoms. The molecule has 0 aromatic heterocycles. The van der Waals surface area contributed by atoms with Gasteiger partial charge >= 0.3 is 0 Å². The summed E-state index contributed by atoms with van der Waals surface area (Å²) in [5.41, 5.74) is 1.31. The summed E-state index contributed by atoms with van der Waals surface area (Å²) in [7, 11) is 1.69. The second kappa shape index (κ2) is 14.5. The lowest BCUT2D eigenvalue weighted by molar-refractivity contribution is -0.123. The molecule has 0 aliphatic carbocycles. The second-order valence-corrected chi connectivity index (χ2v) is 8.18. The number of benzene rings is 1. The molecule has 1 amide bonds. The quantitative estimate of drug-likeness (QED) is 0.284. The lowest BCUT2D eigenvalue weighted by Crippen LogP contribution is -2.54. The van der Waals surface area contributed by atoms with Gasteiger partial charge in [0.15, 0.2) is 5.96 Å². The number of aliphatic imine (C=N–C) groups is 1. The van der Waals surface area contributed by atoms with Crippen LogP contribution in [-0.4, -0.2) is 80.6 Å². The number of guanidine groups is 1. The van der Waals surface area contributed by atoms with Crippen molar-refractivity contribution in [1.29, 1.82) is 0 Å². The summed E-state index contributed by atoms with van der Waals surface area (Å²) in [5.74, 6) is 2.41. The van der Waals surface area contributed by atoms with Crippen LogP contribution >= 0.6 is 24.0 Å². The zero-order chi connectivity index (χ0) is 21.9. The van der Waals surface area contributed by atoms with Crippen molar-refractivity contribution in [2.45, 2.75) is 46.1 Å². The fraction of sp³-hybridized carbons (Fsp3) is 0.652. The largest absolute Gasteiger partial charge is 0.497 e. The molecule has 0 radical (unpaired) electrons. The predicted octanol–water partition coefficient (Wildman–Crippen LogP) is 2.91. The highest BCUT2D eigenvalue weighted by atomic mass is 127. The van der Waals surface area contributed by atoms with Crippen LogP contribution in [0, 0.1) is 0 Å². The smallest absolute Gasteiger partial charge is 0.234 e. The third kappa shape index (κ3) is 9.64. The van der Waals surface area contributed by atoms with E-state index in [4.69, 9.17) is 9.73 Å². The number of halogens is 1. The second-order valence-electron chi connectivity index (χ2n) is 8.18. The van der Waals surface area contributed by atoms with Crippen molar-refractivity contribution >= 4 is 35.8 Å². The number of nitrogens with zero attached hydrogens (tertiary/aromatic N) is 3. The molecule has 1 fully saturated rings. The van der Waals surface area contributed by atoms with Gasteiger partial charge in [0.05, 0.1) is 13.7 Å². The summed E-state index contributed by atoms with van der Waals surface area (Å²) in [4.78, 5) is 21.4. The van der Waals surface area contributed by atoms with Crippen LogP contribution in [0.25, 0.3) is 0 Å². The van der Waals surface area contributed by atoms with Gasteiger partial charge in [-0.25, -0.2) is 0 Å². The Kier molecular flexibility index (Phi) is 12.9. The lowest BCUT2D eigenvalue weighted by Gasteiger charge is -2.36. The van der Waals surface area contributed by atoms with E-state index in [0.29, 0.717) is 12.5 Å². The average molecular weight is 546 g/mol. The van der Waals surface area contributed by atoms with Crippen molar-refractivity contribution in [1.82, 2.24) is 20.4 Å². The van der Waals surface area contributed by atoms with Gasteiger partial charge in [0.1, 0.15) is 5.75 Å². The Bertz CT molecular complexity index is 673. The molecule has 1 aromatic carbocycles. The molecular weight excluding hydrogens is 505 g/mol. The first kappa shape index (κ1) is 27.5. The number of hydrogen-bond acceptors (Lipinski definition) is 4. The topological polar surface area (TPSA) is 69.2 Å². The summed E-state index contributed by atoms with van der Waals surface area (Å²) in [6.07, 6.45) is 0.997. The Morgan fingerprint density at radius 1 is 1.13 bits per heavy atom. The number of nitrogens with one attached hydrogen (secondary N) is 2. The third-order valence-corrected chi connectivity index (χ3v) is 5.33. The van der Waals surface area contributed by atoms with Crippen LogP contribution in [0.3, 0.4) is 0 Å². The molecule has 31 heavy (non-hydrogen) atoms. The molecular formula is C23H40IN5O2. The van der Waals surface area contributed by atoms with Gasteiger partial charge in [0.25, 0.3) is 0 Å². The molecule has 1 atom stereocenters. The van der Waals surface area contributed by atoms with Crippen molar-refractivity contribution in [2.75, 3.05) is 52.9 Å². The van der Waals surface area contributed by atoms with E-state index in [1.54, 1.807) is 7.11 Å². The molecule has 2 rings (SSSR count). The van der Waals surface area contributed by atoms with Gasteiger partial charge in [-0.1, -0.05) is 19.1 Å². The summed E-state index contributed by atoms with van der Waals surface area (Å²) in [5, 5.41) is 6.39. The van der Waals surface area contributed by atoms with E-state index >= 15 is 0 Å². The van der Waals surface area contributed by atoms with E-state index in [2.05, 4.69) is 46.4 Å². The fourth-order valence-corrected chi connectivity index (χ4v) is 3.58. The third-order valence-electron chi connectivity index (χ3n) is 5.33. The van der Waals surface area contributed by atoms with E-state index in [1.807, 2.05) is 26.0 Å². The van der Waals surface area contributed by atoms with Crippen molar-refractivity contribution < 1.29 is 9.53 Å². The molecule has 7 nitrogen and oxygen atoms in total. The van der Waals surface area contributed by atoms with E-state index in [0.717, 1.165) is 57.4 Å².